The van der Waals surface area contributed by atoms with Gasteiger partial charge in [-0.25, -0.2) is 4.79 Å². The van der Waals surface area contributed by atoms with Gasteiger partial charge in [0.2, 0.25) is 5.91 Å². The van der Waals surface area contributed by atoms with Crippen LogP contribution in [0.5, 0.6) is 0 Å². The lowest BCUT2D eigenvalue weighted by atomic mass is 10.1. The highest BCUT2D eigenvalue weighted by atomic mass is 16.6. The Morgan fingerprint density at radius 3 is 1.79 bits per heavy atom. The highest BCUT2D eigenvalue weighted by molar-refractivity contribution is 5.97. The number of anilines is 2. The molecule has 0 radical (unpaired) electrons. The van der Waals surface area contributed by atoms with Crippen molar-refractivity contribution in [2.75, 3.05) is 10.6 Å². The molecule has 0 spiro atoms. The average Bonchev–Trinajstić information content (AvgIpc) is 2.77. The van der Waals surface area contributed by atoms with Gasteiger partial charge in [-0.05, 0) is 69.3 Å². The van der Waals surface area contributed by atoms with Crippen molar-refractivity contribution in [2.45, 2.75) is 32.9 Å². The van der Waals surface area contributed by atoms with Crippen molar-refractivity contribution >= 4 is 45.2 Å². The number of carbonyl (C=O) groups excluding carboxylic acids is 2. The van der Waals surface area contributed by atoms with E-state index < -0.39 is 11.7 Å². The molecule has 0 unspecified atom stereocenters. The van der Waals surface area contributed by atoms with E-state index in [1.54, 1.807) is 57.2 Å². The third-order valence-corrected chi connectivity index (χ3v) is 4.99. The number of ether oxygens (including phenoxy) is 1. The number of nitrogens with zero attached hydrogens (tertiary/aromatic N) is 1. The van der Waals surface area contributed by atoms with Crippen LogP contribution in [0.15, 0.2) is 77.6 Å². The summed E-state index contributed by atoms with van der Waals surface area (Å²) in [5.41, 5.74) is 1.91. The van der Waals surface area contributed by atoms with Crippen LogP contribution in [0, 0.1) is 0 Å². The number of rotatable bonds is 4. The summed E-state index contributed by atoms with van der Waals surface area (Å²) in [5.74, 6) is -0.234. The SMILES string of the molecule is CC(C)(C)OC(=O)Nc1ccc(NC(=O)Cn2c3ccccc3c(=O)c3ccccc32)cc1. The van der Waals surface area contributed by atoms with Crippen molar-refractivity contribution in [1.29, 1.82) is 0 Å². The van der Waals surface area contributed by atoms with E-state index in [9.17, 15) is 14.4 Å². The summed E-state index contributed by atoms with van der Waals surface area (Å²) in [6, 6.07) is 21.3. The normalized spacial score (nSPS) is 11.4. The number of amides is 2. The fourth-order valence-corrected chi connectivity index (χ4v) is 3.65. The Morgan fingerprint density at radius 2 is 1.27 bits per heavy atom. The zero-order valence-electron chi connectivity index (χ0n) is 18.7. The molecule has 7 heteroatoms. The van der Waals surface area contributed by atoms with E-state index in [2.05, 4.69) is 10.6 Å². The van der Waals surface area contributed by atoms with Gasteiger partial charge in [0.1, 0.15) is 12.1 Å². The van der Waals surface area contributed by atoms with E-state index in [-0.39, 0.29) is 17.9 Å². The first-order chi connectivity index (χ1) is 15.7. The van der Waals surface area contributed by atoms with E-state index in [0.717, 1.165) is 0 Å². The van der Waals surface area contributed by atoms with Gasteiger partial charge in [-0.2, -0.15) is 0 Å². The molecule has 7 nitrogen and oxygen atoms in total. The van der Waals surface area contributed by atoms with Crippen LogP contribution in [0.2, 0.25) is 0 Å². The van der Waals surface area contributed by atoms with Gasteiger partial charge in [0.05, 0.1) is 11.0 Å². The van der Waals surface area contributed by atoms with Gasteiger partial charge in [-0.3, -0.25) is 14.9 Å². The Hall–Kier alpha value is -4.13. The predicted molar refractivity (Wildman–Crippen MR) is 131 cm³/mol. The predicted octanol–water partition coefficient (Wildman–Crippen LogP) is 5.14. The Morgan fingerprint density at radius 1 is 0.788 bits per heavy atom. The first kappa shape index (κ1) is 22.1. The first-order valence-electron chi connectivity index (χ1n) is 10.6. The number of aromatic nitrogens is 1. The van der Waals surface area contributed by atoms with Crippen LogP contribution in [0.25, 0.3) is 21.8 Å². The summed E-state index contributed by atoms with van der Waals surface area (Å²) >= 11 is 0. The third-order valence-electron chi connectivity index (χ3n) is 4.99. The van der Waals surface area contributed by atoms with Crippen molar-refractivity contribution in [3.8, 4) is 0 Å². The smallest absolute Gasteiger partial charge is 0.412 e. The van der Waals surface area contributed by atoms with Crippen LogP contribution in [-0.2, 0) is 16.1 Å². The highest BCUT2D eigenvalue weighted by Gasteiger charge is 2.16. The number of hydrogen-bond donors (Lipinski definition) is 2. The lowest BCUT2D eigenvalue weighted by Crippen LogP contribution is -2.27. The van der Waals surface area contributed by atoms with Crippen LogP contribution in [0.4, 0.5) is 16.2 Å². The molecule has 0 fully saturated rings. The molecule has 0 saturated heterocycles. The Balaban J connectivity index is 1.53. The number of benzene rings is 3. The zero-order chi connectivity index (χ0) is 23.6. The third kappa shape index (κ3) is 5.03. The van der Waals surface area contributed by atoms with E-state index in [1.165, 1.54) is 0 Å². The quantitative estimate of drug-likeness (QED) is 0.428. The fraction of sp³-hybridized carbons (Fsp3) is 0.192. The van der Waals surface area contributed by atoms with Gasteiger partial charge in [-0.15, -0.1) is 0 Å². The van der Waals surface area contributed by atoms with Crippen LogP contribution < -0.4 is 16.1 Å². The van der Waals surface area contributed by atoms with Gasteiger partial charge in [-0.1, -0.05) is 24.3 Å². The molecule has 3 aromatic carbocycles. The van der Waals surface area contributed by atoms with Crippen molar-refractivity contribution < 1.29 is 14.3 Å². The molecule has 4 aromatic rings. The molecular formula is C26H25N3O4. The summed E-state index contributed by atoms with van der Waals surface area (Å²) in [4.78, 5) is 37.6. The Kier molecular flexibility index (Phi) is 5.87. The number of nitrogens with one attached hydrogen (secondary N) is 2. The monoisotopic (exact) mass is 443 g/mol. The second-order valence-corrected chi connectivity index (χ2v) is 8.70. The minimum atomic E-state index is -0.589. The molecule has 0 atom stereocenters. The largest absolute Gasteiger partial charge is 0.444 e. The van der Waals surface area contributed by atoms with Gasteiger partial charge >= 0.3 is 6.09 Å². The van der Waals surface area contributed by atoms with Gasteiger partial charge in [0.15, 0.2) is 5.43 Å². The summed E-state index contributed by atoms with van der Waals surface area (Å²) in [6.45, 7) is 5.42. The molecule has 0 bridgehead atoms. The second kappa shape index (κ2) is 8.78. The lowest BCUT2D eigenvalue weighted by Gasteiger charge is -2.19. The average molecular weight is 444 g/mol. The van der Waals surface area contributed by atoms with E-state index >= 15 is 0 Å². The molecule has 2 N–H and O–H groups in total. The molecule has 0 saturated carbocycles. The Bertz CT molecular complexity index is 1340. The lowest BCUT2D eigenvalue weighted by molar-refractivity contribution is -0.116. The summed E-state index contributed by atoms with van der Waals surface area (Å²) in [5, 5.41) is 6.67. The van der Waals surface area contributed by atoms with Crippen molar-refractivity contribution in [3.05, 3.63) is 83.0 Å². The first-order valence-corrected chi connectivity index (χ1v) is 10.6. The molecule has 0 aliphatic rings. The van der Waals surface area contributed by atoms with E-state index in [1.807, 2.05) is 41.0 Å². The second-order valence-electron chi connectivity index (χ2n) is 8.70. The summed E-state index contributed by atoms with van der Waals surface area (Å²) in [6.07, 6.45) is -0.545. The molecule has 168 valence electrons. The van der Waals surface area contributed by atoms with Gasteiger partial charge in [0.25, 0.3) is 0 Å². The van der Waals surface area contributed by atoms with E-state index in [4.69, 9.17) is 4.74 Å². The fourth-order valence-electron chi connectivity index (χ4n) is 3.65. The number of para-hydroxylation sites is 2. The van der Waals surface area contributed by atoms with Crippen LogP contribution in [0.1, 0.15) is 20.8 Å². The summed E-state index contributed by atoms with van der Waals surface area (Å²) in [7, 11) is 0. The standard InChI is InChI=1S/C26H25N3O4/c1-26(2,3)33-25(32)28-18-14-12-17(13-15-18)27-23(30)16-29-21-10-6-4-8-19(21)24(31)20-9-5-7-11-22(20)29/h4-15H,16H2,1-3H3,(H,27,30)(H,28,32). The van der Waals surface area contributed by atoms with Crippen LogP contribution in [0.3, 0.4) is 0 Å². The molecular weight excluding hydrogens is 418 g/mol. The molecule has 33 heavy (non-hydrogen) atoms. The zero-order valence-corrected chi connectivity index (χ0v) is 18.7. The number of pyridine rings is 1. The Labute approximate surface area is 191 Å². The minimum Gasteiger partial charge on any atom is -0.444 e. The molecule has 2 amide bonds. The van der Waals surface area contributed by atoms with Crippen molar-refractivity contribution in [1.82, 2.24) is 4.57 Å². The number of fused-ring (bicyclic) bond motifs is 2. The maximum Gasteiger partial charge on any atom is 0.412 e. The van der Waals surface area contributed by atoms with Crippen LogP contribution in [-0.4, -0.2) is 22.2 Å². The van der Waals surface area contributed by atoms with Crippen molar-refractivity contribution in [2.24, 2.45) is 0 Å². The number of hydrogen-bond acceptors (Lipinski definition) is 4. The van der Waals surface area contributed by atoms with E-state index in [0.29, 0.717) is 33.2 Å². The maximum absolute atomic E-state index is 12.9. The molecule has 0 aliphatic heterocycles. The van der Waals surface area contributed by atoms with Gasteiger partial charge < -0.3 is 14.6 Å². The minimum absolute atomic E-state index is 0.0409. The summed E-state index contributed by atoms with van der Waals surface area (Å²) < 4.78 is 7.08. The maximum atomic E-state index is 12.9. The van der Waals surface area contributed by atoms with Gasteiger partial charge in [0, 0.05) is 22.1 Å². The molecule has 1 heterocycles. The topological polar surface area (TPSA) is 89.4 Å². The number of carbonyl (C=O) groups is 2. The molecule has 4 rings (SSSR count). The highest BCUT2D eigenvalue weighted by Crippen LogP contribution is 2.20. The molecule has 1 aromatic heterocycles. The molecule has 0 aliphatic carbocycles. The van der Waals surface area contributed by atoms with Crippen molar-refractivity contribution in [3.63, 3.8) is 0 Å². The van der Waals surface area contributed by atoms with Crippen LogP contribution >= 0.6 is 0 Å².